The number of hydrogen-bond donors (Lipinski definition) is 2. The number of carbonyl (C=O) groups excluding carboxylic acids is 1. The van der Waals surface area contributed by atoms with Crippen LogP contribution in [0.2, 0.25) is 0 Å². The Kier molecular flexibility index (Phi) is 3.41. The van der Waals surface area contributed by atoms with Gasteiger partial charge >= 0.3 is 0 Å². The molecule has 0 aliphatic carbocycles. The monoisotopic (exact) mass is 241 g/mol. The molecule has 0 saturated heterocycles. The van der Waals surface area contributed by atoms with Crippen molar-refractivity contribution in [3.63, 3.8) is 0 Å². The normalized spacial score (nSPS) is 10.1. The highest BCUT2D eigenvalue weighted by Gasteiger charge is 2.12. The molecule has 90 valence electrons. The third-order valence-electron chi connectivity index (χ3n) is 2.60. The van der Waals surface area contributed by atoms with E-state index in [0.29, 0.717) is 0 Å². The summed E-state index contributed by atoms with van der Waals surface area (Å²) in [6, 6.07) is 12.4. The Morgan fingerprint density at radius 1 is 0.833 bits per heavy atom. The first-order valence-corrected chi connectivity index (χ1v) is 5.35. The van der Waals surface area contributed by atoms with Crippen molar-refractivity contribution in [3.8, 4) is 11.5 Å². The molecule has 0 aromatic heterocycles. The van der Waals surface area contributed by atoms with Crippen molar-refractivity contribution in [2.45, 2.75) is 6.04 Å². The second-order valence-corrected chi connectivity index (χ2v) is 3.81. The lowest BCUT2D eigenvalue weighted by molar-refractivity contribution is 0.475. The van der Waals surface area contributed by atoms with Crippen molar-refractivity contribution in [1.82, 2.24) is 0 Å². The third-order valence-corrected chi connectivity index (χ3v) is 2.60. The average molecular weight is 241 g/mol. The summed E-state index contributed by atoms with van der Waals surface area (Å²) in [5, 5.41) is 18.5. The lowest BCUT2D eigenvalue weighted by Gasteiger charge is -2.11. The Balaban J connectivity index is 2.42. The number of isocyanates is 1. The fourth-order valence-corrected chi connectivity index (χ4v) is 1.71. The molecule has 0 radical (unpaired) electrons. The van der Waals surface area contributed by atoms with Gasteiger partial charge in [-0.2, -0.15) is 4.99 Å². The summed E-state index contributed by atoms with van der Waals surface area (Å²) in [4.78, 5) is 14.3. The Morgan fingerprint density at radius 3 is 1.56 bits per heavy atom. The van der Waals surface area contributed by atoms with Crippen molar-refractivity contribution in [3.05, 3.63) is 59.7 Å². The van der Waals surface area contributed by atoms with Crippen LogP contribution >= 0.6 is 0 Å². The van der Waals surface area contributed by atoms with Gasteiger partial charge in [0.05, 0.1) is 0 Å². The summed E-state index contributed by atoms with van der Waals surface area (Å²) < 4.78 is 0. The number of phenols is 2. The van der Waals surface area contributed by atoms with Crippen LogP contribution in [0.1, 0.15) is 17.2 Å². The lowest BCUT2D eigenvalue weighted by atomic mass is 9.99. The van der Waals surface area contributed by atoms with E-state index >= 15 is 0 Å². The number of phenolic OH excluding ortho intramolecular Hbond substituents is 2. The minimum Gasteiger partial charge on any atom is -0.508 e. The van der Waals surface area contributed by atoms with Crippen LogP contribution < -0.4 is 0 Å². The molecule has 0 saturated carbocycles. The number of rotatable bonds is 3. The quantitative estimate of drug-likeness (QED) is 0.640. The maximum absolute atomic E-state index is 10.5. The second-order valence-electron chi connectivity index (χ2n) is 3.81. The maximum atomic E-state index is 10.5. The average Bonchev–Trinajstić information content (AvgIpc) is 2.39. The van der Waals surface area contributed by atoms with Crippen LogP contribution in [0.4, 0.5) is 0 Å². The second kappa shape index (κ2) is 5.17. The van der Waals surface area contributed by atoms with Gasteiger partial charge in [-0.15, -0.1) is 0 Å². The van der Waals surface area contributed by atoms with Crippen LogP contribution in [-0.2, 0) is 4.79 Å². The Morgan fingerprint density at radius 2 is 1.22 bits per heavy atom. The molecule has 0 unspecified atom stereocenters. The zero-order valence-electron chi connectivity index (χ0n) is 9.45. The summed E-state index contributed by atoms with van der Waals surface area (Å²) in [5.41, 5.74) is 1.53. The van der Waals surface area contributed by atoms with E-state index in [1.165, 1.54) is 24.3 Å². The minimum absolute atomic E-state index is 0.151. The van der Waals surface area contributed by atoms with E-state index in [0.717, 1.165) is 11.1 Å². The molecule has 0 aliphatic heterocycles. The van der Waals surface area contributed by atoms with Crippen LogP contribution in [0.15, 0.2) is 53.5 Å². The number of nitrogens with zero attached hydrogens (tertiary/aromatic N) is 1. The van der Waals surface area contributed by atoms with Crippen LogP contribution in [0, 0.1) is 0 Å². The number of aliphatic imine (C=N–C) groups is 1. The van der Waals surface area contributed by atoms with Gasteiger partial charge in [-0.05, 0) is 35.4 Å². The first-order chi connectivity index (χ1) is 8.70. The molecule has 0 amide bonds. The molecule has 2 aromatic carbocycles. The molecule has 0 atom stereocenters. The van der Waals surface area contributed by atoms with E-state index in [-0.39, 0.29) is 11.5 Å². The highest BCUT2D eigenvalue weighted by atomic mass is 16.3. The number of benzene rings is 2. The molecule has 0 fully saturated rings. The van der Waals surface area contributed by atoms with E-state index in [1.54, 1.807) is 30.3 Å². The molecule has 0 spiro atoms. The first kappa shape index (κ1) is 11.9. The van der Waals surface area contributed by atoms with Gasteiger partial charge in [-0.25, -0.2) is 4.79 Å². The van der Waals surface area contributed by atoms with Crippen molar-refractivity contribution >= 4 is 6.08 Å². The zero-order chi connectivity index (χ0) is 13.0. The van der Waals surface area contributed by atoms with E-state index in [4.69, 9.17) is 0 Å². The summed E-state index contributed by atoms with van der Waals surface area (Å²) >= 11 is 0. The van der Waals surface area contributed by atoms with Crippen molar-refractivity contribution in [1.29, 1.82) is 0 Å². The molecule has 0 heterocycles. The highest BCUT2D eigenvalue weighted by Crippen LogP contribution is 2.28. The molecule has 2 N–H and O–H groups in total. The van der Waals surface area contributed by atoms with E-state index in [1.807, 2.05) is 0 Å². The van der Waals surface area contributed by atoms with Crippen LogP contribution in [0.5, 0.6) is 11.5 Å². The smallest absolute Gasteiger partial charge is 0.235 e. The van der Waals surface area contributed by atoms with Crippen LogP contribution in [-0.4, -0.2) is 16.3 Å². The van der Waals surface area contributed by atoms with E-state index < -0.39 is 6.04 Å². The summed E-state index contributed by atoms with van der Waals surface area (Å²) in [5.74, 6) is 0.302. The maximum Gasteiger partial charge on any atom is 0.235 e. The van der Waals surface area contributed by atoms with Gasteiger partial charge in [-0.3, -0.25) is 0 Å². The minimum atomic E-state index is -0.483. The zero-order valence-corrected chi connectivity index (χ0v) is 9.45. The highest BCUT2D eigenvalue weighted by molar-refractivity contribution is 5.42. The topological polar surface area (TPSA) is 69.9 Å². The van der Waals surface area contributed by atoms with Gasteiger partial charge in [0.25, 0.3) is 0 Å². The van der Waals surface area contributed by atoms with Gasteiger partial charge in [0.15, 0.2) is 0 Å². The molecule has 0 aliphatic rings. The molecule has 2 rings (SSSR count). The molecule has 4 heteroatoms. The number of hydrogen-bond acceptors (Lipinski definition) is 4. The Labute approximate surface area is 104 Å². The Hall–Kier alpha value is -2.58. The summed E-state index contributed by atoms with van der Waals surface area (Å²) in [6.07, 6.45) is 1.54. The fraction of sp³-hybridized carbons (Fsp3) is 0.0714. The first-order valence-electron chi connectivity index (χ1n) is 5.35. The van der Waals surface area contributed by atoms with Crippen molar-refractivity contribution in [2.75, 3.05) is 0 Å². The molecule has 2 aromatic rings. The fourth-order valence-electron chi connectivity index (χ4n) is 1.71. The standard InChI is InChI=1S/C14H11NO3/c16-9-15-14(10-1-5-12(17)6-2-10)11-3-7-13(18)8-4-11/h1-8,14,17-18H. The van der Waals surface area contributed by atoms with Gasteiger partial charge < -0.3 is 10.2 Å². The molecular formula is C14H11NO3. The Bertz CT molecular complexity index is 523. The molecule has 4 nitrogen and oxygen atoms in total. The van der Waals surface area contributed by atoms with Gasteiger partial charge in [-0.1, -0.05) is 24.3 Å². The van der Waals surface area contributed by atoms with E-state index in [9.17, 15) is 15.0 Å². The molecular weight excluding hydrogens is 230 g/mol. The number of aromatic hydroxyl groups is 2. The lowest BCUT2D eigenvalue weighted by Crippen LogP contribution is -1.97. The molecule has 18 heavy (non-hydrogen) atoms. The summed E-state index contributed by atoms with van der Waals surface area (Å²) in [7, 11) is 0. The molecule has 0 bridgehead atoms. The SMILES string of the molecule is O=C=NC(c1ccc(O)cc1)c1ccc(O)cc1. The summed E-state index contributed by atoms with van der Waals surface area (Å²) in [6.45, 7) is 0. The largest absolute Gasteiger partial charge is 0.508 e. The van der Waals surface area contributed by atoms with Crippen molar-refractivity contribution in [2.24, 2.45) is 4.99 Å². The van der Waals surface area contributed by atoms with E-state index in [2.05, 4.69) is 4.99 Å². The third kappa shape index (κ3) is 2.56. The van der Waals surface area contributed by atoms with Gasteiger partial charge in [0.2, 0.25) is 6.08 Å². The van der Waals surface area contributed by atoms with Crippen molar-refractivity contribution < 1.29 is 15.0 Å². The predicted octanol–water partition coefficient (Wildman–Crippen LogP) is 2.52. The van der Waals surface area contributed by atoms with Gasteiger partial charge in [0, 0.05) is 0 Å². The van der Waals surface area contributed by atoms with Crippen LogP contribution in [0.25, 0.3) is 0 Å². The predicted molar refractivity (Wildman–Crippen MR) is 66.2 cm³/mol. The van der Waals surface area contributed by atoms with Gasteiger partial charge in [0.1, 0.15) is 17.5 Å². The van der Waals surface area contributed by atoms with Crippen LogP contribution in [0.3, 0.4) is 0 Å².